The fourth-order valence-electron chi connectivity index (χ4n) is 2.72. The number of carbonyl (C=O) groups is 2. The van der Waals surface area contributed by atoms with E-state index in [0.29, 0.717) is 13.1 Å². The number of carboxylic acids is 1. The van der Waals surface area contributed by atoms with Gasteiger partial charge in [-0.2, -0.15) is 0 Å². The van der Waals surface area contributed by atoms with E-state index in [4.69, 9.17) is 5.11 Å². The van der Waals surface area contributed by atoms with E-state index in [9.17, 15) is 9.59 Å². The number of hydrogen-bond acceptors (Lipinski definition) is 4. The highest BCUT2D eigenvalue weighted by atomic mass is 32.1. The largest absolute Gasteiger partial charge is 0.481 e. The van der Waals surface area contributed by atoms with Gasteiger partial charge in [-0.3, -0.25) is 14.5 Å². The highest BCUT2D eigenvalue weighted by Gasteiger charge is 2.27. The van der Waals surface area contributed by atoms with Crippen LogP contribution in [0.5, 0.6) is 0 Å². The molecule has 2 rings (SSSR count). The lowest BCUT2D eigenvalue weighted by Gasteiger charge is -2.35. The minimum Gasteiger partial charge on any atom is -0.481 e. The van der Waals surface area contributed by atoms with Crippen LogP contribution in [0.25, 0.3) is 0 Å². The number of likely N-dealkylation sites (tertiary alicyclic amines) is 1. The number of nitrogens with zero attached hydrogens (tertiary/aromatic N) is 2. The van der Waals surface area contributed by atoms with Gasteiger partial charge < -0.3 is 10.0 Å². The molecule has 1 saturated heterocycles. The molecule has 1 aliphatic heterocycles. The van der Waals surface area contributed by atoms with Gasteiger partial charge in [0.05, 0.1) is 19.5 Å². The van der Waals surface area contributed by atoms with Crippen molar-refractivity contribution >= 4 is 23.2 Å². The van der Waals surface area contributed by atoms with Crippen LogP contribution in [0.2, 0.25) is 0 Å². The summed E-state index contributed by atoms with van der Waals surface area (Å²) in [6, 6.07) is 3.99. The zero-order valence-electron chi connectivity index (χ0n) is 12.3. The van der Waals surface area contributed by atoms with Gasteiger partial charge in [0.1, 0.15) is 0 Å². The smallest absolute Gasteiger partial charge is 0.304 e. The van der Waals surface area contributed by atoms with Crippen LogP contribution in [0.15, 0.2) is 17.5 Å². The molecule has 116 valence electrons. The number of thiophene rings is 1. The van der Waals surface area contributed by atoms with Crippen LogP contribution in [-0.2, 0) is 16.1 Å². The van der Waals surface area contributed by atoms with E-state index < -0.39 is 5.97 Å². The Morgan fingerprint density at radius 1 is 1.48 bits per heavy atom. The van der Waals surface area contributed by atoms with Gasteiger partial charge in [-0.15, -0.1) is 11.3 Å². The molecular weight excluding hydrogens is 288 g/mol. The SMILES string of the molecule is CN(Cc1cccs1)C(=O)CN1CCCCC1CC(=O)O. The van der Waals surface area contributed by atoms with Crippen molar-refractivity contribution in [2.75, 3.05) is 20.1 Å². The van der Waals surface area contributed by atoms with Crippen LogP contribution < -0.4 is 0 Å². The Kier molecular flexibility index (Phi) is 5.76. The maximum absolute atomic E-state index is 12.3. The second kappa shape index (κ2) is 7.56. The maximum Gasteiger partial charge on any atom is 0.304 e. The lowest BCUT2D eigenvalue weighted by Crippen LogP contribution is -2.46. The molecule has 1 N–H and O–H groups in total. The second-order valence-corrected chi connectivity index (χ2v) is 6.58. The number of carboxylic acid groups (broad SMARTS) is 1. The Labute approximate surface area is 129 Å². The first-order valence-corrected chi connectivity index (χ1v) is 8.16. The van der Waals surface area contributed by atoms with E-state index in [1.54, 1.807) is 23.3 Å². The lowest BCUT2D eigenvalue weighted by atomic mass is 9.99. The molecule has 1 aromatic rings. The molecule has 0 spiro atoms. The summed E-state index contributed by atoms with van der Waals surface area (Å²) in [5, 5.41) is 11.0. The quantitative estimate of drug-likeness (QED) is 0.873. The monoisotopic (exact) mass is 310 g/mol. The van der Waals surface area contributed by atoms with Crippen LogP contribution in [0.1, 0.15) is 30.6 Å². The molecule has 1 aromatic heterocycles. The Hall–Kier alpha value is -1.40. The van der Waals surface area contributed by atoms with E-state index in [2.05, 4.69) is 0 Å². The first kappa shape index (κ1) is 16.0. The van der Waals surface area contributed by atoms with E-state index in [1.807, 2.05) is 22.4 Å². The number of aliphatic carboxylic acids is 1. The summed E-state index contributed by atoms with van der Waals surface area (Å²) in [7, 11) is 1.80. The van der Waals surface area contributed by atoms with Crippen LogP contribution in [0, 0.1) is 0 Å². The summed E-state index contributed by atoms with van der Waals surface area (Å²) < 4.78 is 0. The Morgan fingerprint density at radius 3 is 2.95 bits per heavy atom. The lowest BCUT2D eigenvalue weighted by molar-refractivity contribution is -0.140. The van der Waals surface area contributed by atoms with Crippen molar-refractivity contribution in [2.24, 2.45) is 0 Å². The molecule has 2 heterocycles. The molecule has 5 nitrogen and oxygen atoms in total. The number of amides is 1. The predicted octanol–water partition coefficient (Wildman–Crippen LogP) is 2.04. The van der Waals surface area contributed by atoms with E-state index in [1.165, 1.54) is 0 Å². The van der Waals surface area contributed by atoms with E-state index in [-0.39, 0.29) is 18.4 Å². The fourth-order valence-corrected chi connectivity index (χ4v) is 3.48. The Balaban J connectivity index is 1.88. The standard InChI is InChI=1S/C15H22N2O3S/c1-16(10-13-6-4-8-21-13)14(18)11-17-7-3-2-5-12(17)9-15(19)20/h4,6,8,12H,2-3,5,7,9-11H2,1H3,(H,19,20). The van der Waals surface area contributed by atoms with Gasteiger partial charge in [0.2, 0.25) is 5.91 Å². The summed E-state index contributed by atoms with van der Waals surface area (Å²) in [5.74, 6) is -0.730. The maximum atomic E-state index is 12.3. The fraction of sp³-hybridized carbons (Fsp3) is 0.600. The minimum atomic E-state index is -0.786. The number of likely N-dealkylation sites (N-methyl/N-ethyl adjacent to an activating group) is 1. The highest BCUT2D eigenvalue weighted by Crippen LogP contribution is 2.20. The van der Waals surface area contributed by atoms with Crippen LogP contribution in [0.4, 0.5) is 0 Å². The van der Waals surface area contributed by atoms with Crippen LogP contribution >= 0.6 is 11.3 Å². The molecule has 1 fully saturated rings. The third-order valence-corrected chi connectivity index (χ3v) is 4.76. The number of rotatable bonds is 6. The van der Waals surface area contributed by atoms with E-state index in [0.717, 1.165) is 30.7 Å². The normalized spacial score (nSPS) is 19.4. The highest BCUT2D eigenvalue weighted by molar-refractivity contribution is 7.09. The van der Waals surface area contributed by atoms with Crippen molar-refractivity contribution < 1.29 is 14.7 Å². The van der Waals surface area contributed by atoms with Crippen molar-refractivity contribution in [1.82, 2.24) is 9.80 Å². The molecule has 0 aromatic carbocycles. The predicted molar refractivity (Wildman–Crippen MR) is 82.3 cm³/mol. The molecule has 1 amide bonds. The number of carbonyl (C=O) groups excluding carboxylic acids is 1. The van der Waals surface area contributed by atoms with Gasteiger partial charge >= 0.3 is 5.97 Å². The van der Waals surface area contributed by atoms with Gasteiger partial charge in [0, 0.05) is 18.0 Å². The van der Waals surface area contributed by atoms with E-state index >= 15 is 0 Å². The molecule has 0 radical (unpaired) electrons. The summed E-state index contributed by atoms with van der Waals surface area (Å²) in [5.41, 5.74) is 0. The molecule has 1 aliphatic rings. The zero-order valence-corrected chi connectivity index (χ0v) is 13.1. The molecule has 1 unspecified atom stereocenters. The van der Waals surface area contributed by atoms with Gasteiger partial charge in [0.15, 0.2) is 0 Å². The first-order valence-electron chi connectivity index (χ1n) is 7.28. The summed E-state index contributed by atoms with van der Waals surface area (Å²) in [4.78, 5) is 28.1. The minimum absolute atomic E-state index is 0.00432. The first-order chi connectivity index (χ1) is 10.1. The number of hydrogen-bond donors (Lipinski definition) is 1. The van der Waals surface area contributed by atoms with Crippen molar-refractivity contribution in [1.29, 1.82) is 0 Å². The van der Waals surface area contributed by atoms with Crippen molar-refractivity contribution in [3.05, 3.63) is 22.4 Å². The molecule has 0 aliphatic carbocycles. The van der Waals surface area contributed by atoms with Crippen molar-refractivity contribution in [3.63, 3.8) is 0 Å². The summed E-state index contributed by atoms with van der Waals surface area (Å²) in [6.07, 6.45) is 3.09. The van der Waals surface area contributed by atoms with Gasteiger partial charge in [-0.25, -0.2) is 0 Å². The second-order valence-electron chi connectivity index (χ2n) is 5.55. The molecule has 0 bridgehead atoms. The van der Waals surface area contributed by atoms with Crippen LogP contribution in [0.3, 0.4) is 0 Å². The molecule has 6 heteroatoms. The van der Waals surface area contributed by atoms with Crippen molar-refractivity contribution in [2.45, 2.75) is 38.3 Å². The molecular formula is C15H22N2O3S. The molecule has 1 atom stereocenters. The molecule has 21 heavy (non-hydrogen) atoms. The topological polar surface area (TPSA) is 60.9 Å². The van der Waals surface area contributed by atoms with Gasteiger partial charge in [0.25, 0.3) is 0 Å². The third-order valence-electron chi connectivity index (χ3n) is 3.90. The average molecular weight is 310 g/mol. The van der Waals surface area contributed by atoms with Crippen LogP contribution in [-0.4, -0.2) is 53.0 Å². The van der Waals surface area contributed by atoms with Gasteiger partial charge in [-0.1, -0.05) is 12.5 Å². The Bertz CT molecular complexity index is 475. The van der Waals surface area contributed by atoms with Crippen molar-refractivity contribution in [3.8, 4) is 0 Å². The average Bonchev–Trinajstić information content (AvgIpc) is 2.93. The Morgan fingerprint density at radius 2 is 2.29 bits per heavy atom. The third kappa shape index (κ3) is 4.82. The summed E-state index contributed by atoms with van der Waals surface area (Å²) in [6.45, 7) is 1.75. The summed E-state index contributed by atoms with van der Waals surface area (Å²) >= 11 is 1.64. The number of piperidine rings is 1. The molecule has 0 saturated carbocycles. The van der Waals surface area contributed by atoms with Gasteiger partial charge in [-0.05, 0) is 30.8 Å². The zero-order chi connectivity index (χ0) is 15.2.